The molecule has 1 unspecified atom stereocenters. The average Bonchev–Trinajstić information content (AvgIpc) is 2.87. The Kier molecular flexibility index (Phi) is 6.96. The highest BCUT2D eigenvalue weighted by Gasteiger charge is 2.25. The van der Waals surface area contributed by atoms with Crippen molar-refractivity contribution in [2.45, 2.75) is 19.3 Å². The molecule has 1 aromatic carbocycles. The normalized spacial score (nSPS) is 17.9. The Balaban J connectivity index is 0.00000200. The summed E-state index contributed by atoms with van der Waals surface area (Å²) >= 11 is 0. The summed E-state index contributed by atoms with van der Waals surface area (Å²) in [5, 5.41) is 3.16. The van der Waals surface area contributed by atoms with E-state index >= 15 is 0 Å². The molecule has 1 N–H and O–H groups in total. The van der Waals surface area contributed by atoms with Gasteiger partial charge in [0.25, 0.3) is 0 Å². The Morgan fingerprint density at radius 2 is 2.10 bits per heavy atom. The number of rotatable bonds is 5. The fourth-order valence-electron chi connectivity index (χ4n) is 2.57. The van der Waals surface area contributed by atoms with Crippen molar-refractivity contribution in [2.24, 2.45) is 5.92 Å². The van der Waals surface area contributed by atoms with Crippen molar-refractivity contribution >= 4 is 18.3 Å². The summed E-state index contributed by atoms with van der Waals surface area (Å²) in [6.07, 6.45) is 2.29. The Hall–Kier alpha value is -1.13. The first-order valence-electron chi connectivity index (χ1n) is 6.86. The number of nitrogens with one attached hydrogen (secondary N) is 1. The summed E-state index contributed by atoms with van der Waals surface area (Å²) in [6.45, 7) is 2.71. The van der Waals surface area contributed by atoms with E-state index in [4.69, 9.17) is 0 Å². The average molecular weight is 301 g/mol. The van der Waals surface area contributed by atoms with E-state index in [0.717, 1.165) is 31.6 Å². The number of likely N-dealkylation sites (tertiary alicyclic amines) is 1. The SMILES string of the molecule is CNCC1CCN(C(=O)CCc2ccc(F)cc2)C1.Cl. The first-order chi connectivity index (χ1) is 9.19. The predicted octanol–water partition coefficient (Wildman–Crippen LogP) is 2.25. The minimum atomic E-state index is -0.232. The van der Waals surface area contributed by atoms with Gasteiger partial charge in [-0.3, -0.25) is 4.79 Å². The highest BCUT2D eigenvalue weighted by Crippen LogP contribution is 2.17. The van der Waals surface area contributed by atoms with E-state index in [1.165, 1.54) is 12.1 Å². The van der Waals surface area contributed by atoms with E-state index in [2.05, 4.69) is 5.32 Å². The van der Waals surface area contributed by atoms with Crippen LogP contribution in [-0.4, -0.2) is 37.5 Å². The van der Waals surface area contributed by atoms with Gasteiger partial charge in [0.1, 0.15) is 5.82 Å². The van der Waals surface area contributed by atoms with Crippen LogP contribution in [0.5, 0.6) is 0 Å². The smallest absolute Gasteiger partial charge is 0.222 e. The lowest BCUT2D eigenvalue weighted by Crippen LogP contribution is -2.30. The fraction of sp³-hybridized carbons (Fsp3) is 0.533. The van der Waals surface area contributed by atoms with Gasteiger partial charge in [0.2, 0.25) is 5.91 Å². The van der Waals surface area contributed by atoms with Gasteiger partial charge in [-0.25, -0.2) is 4.39 Å². The number of benzene rings is 1. The number of carbonyl (C=O) groups is 1. The van der Waals surface area contributed by atoms with Crippen molar-refractivity contribution in [2.75, 3.05) is 26.7 Å². The molecule has 5 heteroatoms. The lowest BCUT2D eigenvalue weighted by atomic mass is 10.1. The van der Waals surface area contributed by atoms with Crippen LogP contribution in [0.1, 0.15) is 18.4 Å². The van der Waals surface area contributed by atoms with E-state index in [1.54, 1.807) is 12.1 Å². The number of aryl methyl sites for hydroxylation is 1. The van der Waals surface area contributed by atoms with Crippen LogP contribution < -0.4 is 5.32 Å². The van der Waals surface area contributed by atoms with E-state index in [9.17, 15) is 9.18 Å². The van der Waals surface area contributed by atoms with Crippen LogP contribution in [0.3, 0.4) is 0 Å². The second kappa shape index (κ2) is 8.22. The van der Waals surface area contributed by atoms with Crippen molar-refractivity contribution in [1.82, 2.24) is 10.2 Å². The summed E-state index contributed by atoms with van der Waals surface area (Å²) in [5.74, 6) is 0.562. The summed E-state index contributed by atoms with van der Waals surface area (Å²) in [6, 6.07) is 6.38. The summed E-state index contributed by atoms with van der Waals surface area (Å²) in [5.41, 5.74) is 1.01. The highest BCUT2D eigenvalue weighted by atomic mass is 35.5. The number of nitrogens with zero attached hydrogens (tertiary/aromatic N) is 1. The van der Waals surface area contributed by atoms with Gasteiger partial charge in [0.15, 0.2) is 0 Å². The molecule has 0 saturated carbocycles. The van der Waals surface area contributed by atoms with E-state index < -0.39 is 0 Å². The van der Waals surface area contributed by atoms with Gasteiger partial charge in [-0.15, -0.1) is 12.4 Å². The zero-order valence-electron chi connectivity index (χ0n) is 11.8. The molecule has 1 aliphatic rings. The molecular formula is C15H22ClFN2O. The molecule has 1 aliphatic heterocycles. The second-order valence-corrected chi connectivity index (χ2v) is 5.18. The molecule has 1 aromatic rings. The van der Waals surface area contributed by atoms with Crippen LogP contribution in [0.25, 0.3) is 0 Å². The van der Waals surface area contributed by atoms with Crippen LogP contribution >= 0.6 is 12.4 Å². The Morgan fingerprint density at radius 1 is 1.40 bits per heavy atom. The van der Waals surface area contributed by atoms with Gasteiger partial charge in [-0.1, -0.05) is 12.1 Å². The molecule has 0 aromatic heterocycles. The maximum absolute atomic E-state index is 12.8. The van der Waals surface area contributed by atoms with Gasteiger partial charge in [-0.05, 0) is 50.0 Å². The number of carbonyl (C=O) groups excluding carboxylic acids is 1. The molecule has 1 saturated heterocycles. The van der Waals surface area contributed by atoms with Crippen molar-refractivity contribution in [3.8, 4) is 0 Å². The third-order valence-corrected chi connectivity index (χ3v) is 3.67. The van der Waals surface area contributed by atoms with Crippen LogP contribution in [0.2, 0.25) is 0 Å². The van der Waals surface area contributed by atoms with Gasteiger partial charge in [0.05, 0.1) is 0 Å². The Morgan fingerprint density at radius 3 is 2.75 bits per heavy atom. The maximum Gasteiger partial charge on any atom is 0.222 e. The molecule has 1 amide bonds. The monoisotopic (exact) mass is 300 g/mol. The molecule has 0 aliphatic carbocycles. The molecule has 3 nitrogen and oxygen atoms in total. The minimum Gasteiger partial charge on any atom is -0.342 e. The Labute approximate surface area is 125 Å². The number of halogens is 2. The largest absolute Gasteiger partial charge is 0.342 e. The summed E-state index contributed by atoms with van der Waals surface area (Å²) < 4.78 is 12.8. The quantitative estimate of drug-likeness (QED) is 0.904. The predicted molar refractivity (Wildman–Crippen MR) is 80.6 cm³/mol. The van der Waals surface area contributed by atoms with E-state index in [-0.39, 0.29) is 24.1 Å². The van der Waals surface area contributed by atoms with Crippen molar-refractivity contribution in [3.05, 3.63) is 35.6 Å². The third kappa shape index (κ3) is 4.76. The molecule has 1 heterocycles. The standard InChI is InChI=1S/C15H21FN2O.ClH/c1-17-10-13-8-9-18(11-13)15(19)7-4-12-2-5-14(16)6-3-12;/h2-3,5-6,13,17H,4,7-11H2,1H3;1H. The maximum atomic E-state index is 12.8. The molecule has 2 rings (SSSR count). The van der Waals surface area contributed by atoms with Crippen LogP contribution in [0.4, 0.5) is 4.39 Å². The molecule has 1 atom stereocenters. The molecule has 1 fully saturated rings. The molecular weight excluding hydrogens is 279 g/mol. The van der Waals surface area contributed by atoms with Gasteiger partial charge >= 0.3 is 0 Å². The zero-order chi connectivity index (χ0) is 13.7. The first-order valence-corrected chi connectivity index (χ1v) is 6.86. The second-order valence-electron chi connectivity index (χ2n) is 5.18. The number of hydrogen-bond acceptors (Lipinski definition) is 2. The van der Waals surface area contributed by atoms with Gasteiger partial charge in [0, 0.05) is 19.5 Å². The van der Waals surface area contributed by atoms with Crippen LogP contribution in [0.15, 0.2) is 24.3 Å². The van der Waals surface area contributed by atoms with Gasteiger partial charge in [-0.2, -0.15) is 0 Å². The van der Waals surface area contributed by atoms with E-state index in [0.29, 0.717) is 18.8 Å². The topological polar surface area (TPSA) is 32.3 Å². The lowest BCUT2D eigenvalue weighted by Gasteiger charge is -2.16. The summed E-state index contributed by atoms with van der Waals surface area (Å²) in [4.78, 5) is 14.0. The lowest BCUT2D eigenvalue weighted by molar-refractivity contribution is -0.130. The molecule has 20 heavy (non-hydrogen) atoms. The Bertz CT molecular complexity index is 424. The molecule has 0 spiro atoms. The molecule has 0 bridgehead atoms. The molecule has 112 valence electrons. The van der Waals surface area contributed by atoms with E-state index in [1.807, 2.05) is 11.9 Å². The number of hydrogen-bond donors (Lipinski definition) is 1. The van der Waals surface area contributed by atoms with Crippen molar-refractivity contribution < 1.29 is 9.18 Å². The summed E-state index contributed by atoms with van der Waals surface area (Å²) in [7, 11) is 1.94. The zero-order valence-corrected chi connectivity index (χ0v) is 12.6. The van der Waals surface area contributed by atoms with Gasteiger partial charge < -0.3 is 10.2 Å². The van der Waals surface area contributed by atoms with Crippen LogP contribution in [0, 0.1) is 11.7 Å². The third-order valence-electron chi connectivity index (χ3n) is 3.67. The van der Waals surface area contributed by atoms with Crippen LogP contribution in [-0.2, 0) is 11.2 Å². The van der Waals surface area contributed by atoms with Crippen molar-refractivity contribution in [3.63, 3.8) is 0 Å². The molecule has 0 radical (unpaired) electrons. The van der Waals surface area contributed by atoms with Crippen molar-refractivity contribution in [1.29, 1.82) is 0 Å². The first kappa shape index (κ1) is 16.9. The fourth-order valence-corrected chi connectivity index (χ4v) is 2.57. The minimum absolute atomic E-state index is 0. The number of amides is 1. The highest BCUT2D eigenvalue weighted by molar-refractivity contribution is 5.85.